The van der Waals surface area contributed by atoms with Gasteiger partial charge in [-0.25, -0.2) is 0 Å². The SMILES string of the molecule is CC1(C)CC[C@]2(COC(=O)CCCC(=O)O)CC[C@]3(C)C(=CC[C@@H]4[C@@]5(C)CCC(=O)C(C)(C)[C@@H]5CC[C@]43C)[C@@H]2C1. The molecule has 5 nitrogen and oxygen atoms in total. The Morgan fingerprint density at radius 2 is 1.62 bits per heavy atom. The van der Waals surface area contributed by atoms with Crippen LogP contribution in [-0.2, 0) is 19.1 Å². The van der Waals surface area contributed by atoms with Gasteiger partial charge in [-0.05, 0) is 104 Å². The number of fused-ring (bicyclic) bond motifs is 7. The molecule has 5 aliphatic carbocycles. The highest BCUT2D eigenvalue weighted by Gasteiger charge is 2.68. The molecule has 5 rings (SSSR count). The summed E-state index contributed by atoms with van der Waals surface area (Å²) in [4.78, 5) is 36.6. The van der Waals surface area contributed by atoms with Gasteiger partial charge in [-0.2, -0.15) is 0 Å². The minimum atomic E-state index is -0.866. The predicted octanol–water partition coefficient (Wildman–Crippen LogP) is 8.16. The number of carboxylic acids is 1. The minimum absolute atomic E-state index is 0.00711. The van der Waals surface area contributed by atoms with Gasteiger partial charge in [0.15, 0.2) is 0 Å². The van der Waals surface area contributed by atoms with Crippen LogP contribution in [-0.4, -0.2) is 29.4 Å². The lowest BCUT2D eigenvalue weighted by atomic mass is 9.33. The van der Waals surface area contributed by atoms with E-state index in [4.69, 9.17) is 9.84 Å². The van der Waals surface area contributed by atoms with E-state index in [0.717, 1.165) is 57.8 Å². The van der Waals surface area contributed by atoms with Gasteiger partial charge >= 0.3 is 11.9 Å². The first-order valence-corrected chi connectivity index (χ1v) is 16.1. The van der Waals surface area contributed by atoms with Gasteiger partial charge in [0.2, 0.25) is 0 Å². The molecule has 1 N–H and O–H groups in total. The number of carboxylic acid groups (broad SMARTS) is 1. The second kappa shape index (κ2) is 9.69. The molecule has 4 fully saturated rings. The maximum Gasteiger partial charge on any atom is 0.305 e. The molecule has 0 aromatic carbocycles. The third-order valence-electron chi connectivity index (χ3n) is 13.9. The van der Waals surface area contributed by atoms with Crippen LogP contribution in [0.4, 0.5) is 0 Å². The molecule has 0 bridgehead atoms. The zero-order valence-corrected chi connectivity index (χ0v) is 26.3. The molecule has 0 spiro atoms. The van der Waals surface area contributed by atoms with Crippen LogP contribution >= 0.6 is 0 Å². The molecule has 0 heterocycles. The van der Waals surface area contributed by atoms with Crippen molar-refractivity contribution in [2.45, 2.75) is 132 Å². The van der Waals surface area contributed by atoms with Crippen LogP contribution in [0.15, 0.2) is 11.6 Å². The average Bonchev–Trinajstić information content (AvgIpc) is 2.86. The number of allylic oxidation sites excluding steroid dienone is 2. The van der Waals surface area contributed by atoms with Gasteiger partial charge in [-0.1, -0.05) is 60.1 Å². The van der Waals surface area contributed by atoms with E-state index in [9.17, 15) is 14.4 Å². The highest BCUT2D eigenvalue weighted by atomic mass is 16.5. The molecule has 224 valence electrons. The van der Waals surface area contributed by atoms with E-state index in [1.165, 1.54) is 6.42 Å². The number of carbonyl (C=O) groups excluding carboxylic acids is 2. The molecular weight excluding hydrogens is 500 g/mol. The Morgan fingerprint density at radius 1 is 0.925 bits per heavy atom. The highest BCUT2D eigenvalue weighted by Crippen LogP contribution is 2.75. The molecule has 0 radical (unpaired) electrons. The summed E-state index contributed by atoms with van der Waals surface area (Å²) in [6, 6.07) is 0. The fourth-order valence-corrected chi connectivity index (χ4v) is 11.1. The van der Waals surface area contributed by atoms with E-state index >= 15 is 0 Å². The van der Waals surface area contributed by atoms with Gasteiger partial charge in [0.25, 0.3) is 0 Å². The van der Waals surface area contributed by atoms with Crippen LogP contribution in [0.3, 0.4) is 0 Å². The number of esters is 1. The van der Waals surface area contributed by atoms with Crippen molar-refractivity contribution in [1.82, 2.24) is 0 Å². The monoisotopic (exact) mass is 554 g/mol. The van der Waals surface area contributed by atoms with Crippen molar-refractivity contribution in [3.8, 4) is 0 Å². The van der Waals surface area contributed by atoms with Crippen LogP contribution in [0.1, 0.15) is 132 Å². The third kappa shape index (κ3) is 4.42. The highest BCUT2D eigenvalue weighted by molar-refractivity contribution is 5.85. The zero-order valence-electron chi connectivity index (χ0n) is 26.3. The molecule has 40 heavy (non-hydrogen) atoms. The van der Waals surface area contributed by atoms with Crippen LogP contribution in [0, 0.1) is 50.2 Å². The number of hydrogen-bond donors (Lipinski definition) is 1. The Hall–Kier alpha value is -1.65. The smallest absolute Gasteiger partial charge is 0.305 e. The molecule has 0 amide bonds. The molecule has 5 heteroatoms. The molecule has 5 aliphatic rings. The van der Waals surface area contributed by atoms with Crippen LogP contribution < -0.4 is 0 Å². The van der Waals surface area contributed by atoms with Crippen molar-refractivity contribution in [2.75, 3.05) is 6.61 Å². The summed E-state index contributed by atoms with van der Waals surface area (Å²) in [6.07, 6.45) is 13.9. The lowest BCUT2D eigenvalue weighted by Gasteiger charge is -2.70. The lowest BCUT2D eigenvalue weighted by Crippen LogP contribution is -2.64. The van der Waals surface area contributed by atoms with E-state index in [-0.39, 0.29) is 51.3 Å². The number of hydrogen-bond acceptors (Lipinski definition) is 4. The van der Waals surface area contributed by atoms with Crippen LogP contribution in [0.5, 0.6) is 0 Å². The number of ether oxygens (including phenoxy) is 1. The number of carbonyl (C=O) groups is 3. The fourth-order valence-electron chi connectivity index (χ4n) is 11.1. The number of aliphatic carboxylic acids is 1. The number of rotatable bonds is 6. The zero-order chi connectivity index (χ0) is 29.4. The Balaban J connectivity index is 1.45. The van der Waals surface area contributed by atoms with Crippen molar-refractivity contribution in [3.05, 3.63) is 11.6 Å². The lowest BCUT2D eigenvalue weighted by molar-refractivity contribution is -0.188. The Morgan fingerprint density at radius 3 is 2.33 bits per heavy atom. The summed E-state index contributed by atoms with van der Waals surface area (Å²) >= 11 is 0. The molecule has 0 saturated heterocycles. The quantitative estimate of drug-likeness (QED) is 0.265. The van der Waals surface area contributed by atoms with Crippen LogP contribution in [0.2, 0.25) is 0 Å². The Kier molecular flexibility index (Phi) is 7.23. The minimum Gasteiger partial charge on any atom is -0.481 e. The maximum atomic E-state index is 13.0. The van der Waals surface area contributed by atoms with Crippen molar-refractivity contribution in [1.29, 1.82) is 0 Å². The molecule has 0 aromatic rings. The van der Waals surface area contributed by atoms with Gasteiger partial charge < -0.3 is 9.84 Å². The molecule has 4 saturated carbocycles. The number of ketones is 1. The second-order valence-corrected chi connectivity index (χ2v) is 16.6. The maximum absolute atomic E-state index is 13.0. The Bertz CT molecular complexity index is 1100. The van der Waals surface area contributed by atoms with Crippen molar-refractivity contribution >= 4 is 17.7 Å². The van der Waals surface area contributed by atoms with Crippen molar-refractivity contribution < 1.29 is 24.2 Å². The summed E-state index contributed by atoms with van der Waals surface area (Å²) in [6.45, 7) is 17.4. The Labute approximate surface area is 242 Å². The van der Waals surface area contributed by atoms with E-state index < -0.39 is 5.97 Å². The van der Waals surface area contributed by atoms with Crippen molar-refractivity contribution in [2.24, 2.45) is 50.2 Å². The first-order valence-electron chi connectivity index (χ1n) is 16.1. The second-order valence-electron chi connectivity index (χ2n) is 16.6. The fraction of sp³-hybridized carbons (Fsp3) is 0.857. The van der Waals surface area contributed by atoms with E-state index in [2.05, 4.69) is 54.5 Å². The summed E-state index contributed by atoms with van der Waals surface area (Å²) in [5, 5.41) is 8.94. The summed E-state index contributed by atoms with van der Waals surface area (Å²) < 4.78 is 5.96. The van der Waals surface area contributed by atoms with Crippen molar-refractivity contribution in [3.63, 3.8) is 0 Å². The summed E-state index contributed by atoms with van der Waals surface area (Å²) in [5.74, 6) is 0.786. The first kappa shape index (κ1) is 29.8. The van der Waals surface area contributed by atoms with Gasteiger partial charge in [0.05, 0.1) is 6.61 Å². The topological polar surface area (TPSA) is 80.7 Å². The number of Topliss-reactive ketones (excluding diaryl/α,β-unsaturated/α-hetero) is 1. The van der Waals surface area contributed by atoms with E-state index in [1.807, 2.05) is 0 Å². The molecular formula is C35H54O5. The predicted molar refractivity (Wildman–Crippen MR) is 156 cm³/mol. The third-order valence-corrected chi connectivity index (χ3v) is 13.9. The van der Waals surface area contributed by atoms with Gasteiger partial charge in [0.1, 0.15) is 5.78 Å². The largest absolute Gasteiger partial charge is 0.481 e. The molecule has 0 aliphatic heterocycles. The average molecular weight is 555 g/mol. The van der Waals surface area contributed by atoms with Gasteiger partial charge in [0, 0.05) is 30.1 Å². The first-order chi connectivity index (χ1) is 18.5. The molecule has 7 atom stereocenters. The normalized spacial score (nSPS) is 43.3. The van der Waals surface area contributed by atoms with E-state index in [1.54, 1.807) is 5.57 Å². The van der Waals surface area contributed by atoms with Gasteiger partial charge in [-0.15, -0.1) is 0 Å². The standard InChI is InChI=1S/C35H54O5/c1-30(2)17-19-35(22-40-29(39)10-8-9-28(37)38)20-18-33(6)23(24(35)21-30)11-12-26-32(5)15-14-27(36)31(3,4)25(32)13-16-34(26,33)7/h11,24-26H,8-10,12-22H2,1-7H3,(H,37,38)/t24-,25-,26+,32-,33+,34+,35+/m0/s1. The summed E-state index contributed by atoms with van der Waals surface area (Å²) in [7, 11) is 0. The molecule has 0 aromatic heterocycles. The van der Waals surface area contributed by atoms with E-state index in [0.29, 0.717) is 36.6 Å². The van der Waals surface area contributed by atoms with Crippen LogP contribution in [0.25, 0.3) is 0 Å². The summed E-state index contributed by atoms with van der Waals surface area (Å²) in [5.41, 5.74) is 2.13. The van der Waals surface area contributed by atoms with Gasteiger partial charge in [-0.3, -0.25) is 14.4 Å². The molecule has 0 unspecified atom stereocenters.